The summed E-state index contributed by atoms with van der Waals surface area (Å²) in [7, 11) is 0. The Hall–Kier alpha value is -2.13. The fraction of sp³-hybridized carbons (Fsp3) is 0.375. The highest BCUT2D eigenvalue weighted by molar-refractivity contribution is 7.98. The van der Waals surface area contributed by atoms with Crippen molar-refractivity contribution < 1.29 is 13.7 Å². The molecule has 1 aromatic heterocycles. The Bertz CT molecular complexity index is 1110. The smallest absolute Gasteiger partial charge is 0.241 e. The van der Waals surface area contributed by atoms with Gasteiger partial charge in [0, 0.05) is 30.2 Å². The molecule has 3 aromatic rings. The number of likely N-dealkylation sites (tertiary alicyclic amines) is 1. The lowest BCUT2D eigenvalue weighted by molar-refractivity contribution is -0.126. The minimum atomic E-state index is -0.310. The Morgan fingerprint density at radius 2 is 2.03 bits per heavy atom. The van der Waals surface area contributed by atoms with Gasteiger partial charge in [0.05, 0.1) is 22.5 Å². The first-order chi connectivity index (χ1) is 16.5. The molecule has 1 unspecified atom stereocenters. The molecule has 1 aliphatic rings. The lowest BCUT2D eigenvalue weighted by Gasteiger charge is -2.30. The van der Waals surface area contributed by atoms with Crippen LogP contribution < -0.4 is 5.32 Å². The van der Waals surface area contributed by atoms with E-state index < -0.39 is 0 Å². The van der Waals surface area contributed by atoms with Gasteiger partial charge < -0.3 is 9.84 Å². The zero-order valence-electron chi connectivity index (χ0n) is 18.5. The number of hydrogen-bond donors (Lipinski definition) is 1. The zero-order chi connectivity index (χ0) is 23.9. The average Bonchev–Trinajstić information content (AvgIpc) is 3.30. The summed E-state index contributed by atoms with van der Waals surface area (Å²) in [5.41, 5.74) is 1.81. The molecule has 6 nitrogen and oxygen atoms in total. The fourth-order valence-electron chi connectivity index (χ4n) is 3.85. The monoisotopic (exact) mass is 522 g/mol. The van der Waals surface area contributed by atoms with Crippen LogP contribution in [0.2, 0.25) is 10.0 Å². The number of halogens is 3. The number of aromatic nitrogens is 2. The summed E-state index contributed by atoms with van der Waals surface area (Å²) >= 11 is 13.7. The van der Waals surface area contributed by atoms with Gasteiger partial charge in [0.1, 0.15) is 5.82 Å². The third-order valence-corrected chi connectivity index (χ3v) is 7.37. The number of benzene rings is 2. The van der Waals surface area contributed by atoms with E-state index in [0.29, 0.717) is 47.0 Å². The lowest BCUT2D eigenvalue weighted by atomic mass is 9.97. The molecule has 0 radical (unpaired) electrons. The third kappa shape index (κ3) is 6.95. The van der Waals surface area contributed by atoms with Gasteiger partial charge in [0.2, 0.25) is 17.6 Å². The van der Waals surface area contributed by atoms with Crippen LogP contribution in [0.25, 0.3) is 11.4 Å². The summed E-state index contributed by atoms with van der Waals surface area (Å²) in [4.78, 5) is 19.2. The van der Waals surface area contributed by atoms with Crippen LogP contribution in [-0.4, -0.2) is 46.3 Å². The molecule has 2 aromatic carbocycles. The van der Waals surface area contributed by atoms with Gasteiger partial charge in [0.25, 0.3) is 0 Å². The van der Waals surface area contributed by atoms with Gasteiger partial charge in [-0.15, -0.1) is 0 Å². The van der Waals surface area contributed by atoms with Crippen LogP contribution >= 0.6 is 35.0 Å². The molecule has 1 saturated heterocycles. The Balaban J connectivity index is 1.19. The summed E-state index contributed by atoms with van der Waals surface area (Å²) in [6.07, 6.45) is 1.80. The zero-order valence-corrected chi connectivity index (χ0v) is 20.8. The maximum atomic E-state index is 13.1. The normalized spacial score (nSPS) is 16.5. The molecule has 4 rings (SSSR count). The maximum absolute atomic E-state index is 13.1. The van der Waals surface area contributed by atoms with E-state index >= 15 is 0 Å². The van der Waals surface area contributed by atoms with E-state index in [1.807, 2.05) is 12.1 Å². The van der Waals surface area contributed by atoms with Gasteiger partial charge in [-0.25, -0.2) is 4.39 Å². The minimum Gasteiger partial charge on any atom is -0.355 e. The number of amides is 1. The van der Waals surface area contributed by atoms with Crippen molar-refractivity contribution >= 4 is 40.9 Å². The molecular formula is C24H25Cl2FN4O2S. The lowest BCUT2D eigenvalue weighted by Crippen LogP contribution is -2.43. The maximum Gasteiger partial charge on any atom is 0.241 e. The SMILES string of the molecule is O=C(NCCSCc1ccc(Cl)c(Cl)c1)C1CCCN(Cc2nc(-c3ccc(F)cc3)no2)C1. The number of carbonyl (C=O) groups is 1. The predicted octanol–water partition coefficient (Wildman–Crippen LogP) is 5.44. The highest BCUT2D eigenvalue weighted by Crippen LogP contribution is 2.25. The topological polar surface area (TPSA) is 71.3 Å². The molecule has 0 bridgehead atoms. The van der Waals surface area contributed by atoms with Gasteiger partial charge in [-0.1, -0.05) is 34.4 Å². The average molecular weight is 523 g/mol. The number of piperidine rings is 1. The Labute approximate surface area is 212 Å². The van der Waals surface area contributed by atoms with E-state index in [9.17, 15) is 9.18 Å². The molecule has 1 N–H and O–H groups in total. The summed E-state index contributed by atoms with van der Waals surface area (Å²) in [5, 5.41) is 8.16. The van der Waals surface area contributed by atoms with Crippen LogP contribution in [0.3, 0.4) is 0 Å². The van der Waals surface area contributed by atoms with Gasteiger partial charge >= 0.3 is 0 Å². The molecule has 2 heterocycles. The second kappa shape index (κ2) is 12.0. The van der Waals surface area contributed by atoms with Gasteiger partial charge in [-0.2, -0.15) is 16.7 Å². The minimum absolute atomic E-state index is 0.0617. The number of carbonyl (C=O) groups excluding carboxylic acids is 1. The quantitative estimate of drug-likeness (QED) is 0.377. The molecule has 0 spiro atoms. The Morgan fingerprint density at radius 1 is 1.21 bits per heavy atom. The number of nitrogens with zero attached hydrogens (tertiary/aromatic N) is 3. The van der Waals surface area contributed by atoms with Crippen LogP contribution in [0.1, 0.15) is 24.3 Å². The molecule has 180 valence electrons. The third-order valence-electron chi connectivity index (χ3n) is 5.60. The largest absolute Gasteiger partial charge is 0.355 e. The molecule has 1 amide bonds. The highest BCUT2D eigenvalue weighted by Gasteiger charge is 2.26. The molecule has 10 heteroatoms. The Kier molecular flexibility index (Phi) is 8.83. The van der Waals surface area contributed by atoms with E-state index in [0.717, 1.165) is 36.5 Å². The van der Waals surface area contributed by atoms with Crippen molar-refractivity contribution in [3.63, 3.8) is 0 Å². The second-order valence-corrected chi connectivity index (χ2v) is 10.1. The van der Waals surface area contributed by atoms with Crippen molar-refractivity contribution in [3.8, 4) is 11.4 Å². The van der Waals surface area contributed by atoms with Crippen LogP contribution in [0.15, 0.2) is 47.0 Å². The van der Waals surface area contributed by atoms with E-state index in [2.05, 4.69) is 20.4 Å². The number of thioether (sulfide) groups is 1. The fourth-order valence-corrected chi connectivity index (χ4v) is 4.98. The van der Waals surface area contributed by atoms with E-state index in [1.54, 1.807) is 30.0 Å². The van der Waals surface area contributed by atoms with E-state index in [4.69, 9.17) is 27.7 Å². The van der Waals surface area contributed by atoms with Crippen LogP contribution in [0.4, 0.5) is 4.39 Å². The van der Waals surface area contributed by atoms with Gasteiger partial charge in [-0.3, -0.25) is 9.69 Å². The van der Waals surface area contributed by atoms with Gasteiger partial charge in [0.15, 0.2) is 0 Å². The van der Waals surface area contributed by atoms with Gasteiger partial charge in [-0.05, 0) is 61.3 Å². The van der Waals surface area contributed by atoms with Crippen LogP contribution in [0.5, 0.6) is 0 Å². The van der Waals surface area contributed by atoms with E-state index in [-0.39, 0.29) is 17.6 Å². The van der Waals surface area contributed by atoms with Crippen LogP contribution in [0, 0.1) is 11.7 Å². The summed E-state index contributed by atoms with van der Waals surface area (Å²) < 4.78 is 18.5. The molecule has 1 atom stereocenters. The first kappa shape index (κ1) is 25.0. The van der Waals surface area contributed by atoms with E-state index in [1.165, 1.54) is 12.1 Å². The summed E-state index contributed by atoms with van der Waals surface area (Å²) in [6, 6.07) is 11.6. The molecule has 0 aliphatic carbocycles. The highest BCUT2D eigenvalue weighted by atomic mass is 35.5. The van der Waals surface area contributed by atoms with Crippen molar-refractivity contribution in [2.45, 2.75) is 25.1 Å². The number of nitrogens with one attached hydrogen (secondary N) is 1. The molecular weight excluding hydrogens is 498 g/mol. The first-order valence-corrected chi connectivity index (χ1v) is 13.0. The number of hydrogen-bond acceptors (Lipinski definition) is 6. The summed E-state index contributed by atoms with van der Waals surface area (Å²) in [5.74, 6) is 2.25. The predicted molar refractivity (Wildman–Crippen MR) is 133 cm³/mol. The molecule has 0 saturated carbocycles. The van der Waals surface area contributed by atoms with Crippen molar-refractivity contribution in [1.82, 2.24) is 20.4 Å². The van der Waals surface area contributed by atoms with Crippen molar-refractivity contribution in [2.75, 3.05) is 25.4 Å². The summed E-state index contributed by atoms with van der Waals surface area (Å²) in [6.45, 7) is 2.62. The Morgan fingerprint density at radius 3 is 2.82 bits per heavy atom. The molecule has 1 fully saturated rings. The number of rotatable bonds is 9. The standard InChI is InChI=1S/C24H25Cl2FN4O2S/c25-20-8-3-16(12-21(20)26)15-34-11-9-28-24(32)18-2-1-10-31(13-18)14-22-29-23(30-33-22)17-4-6-19(27)7-5-17/h3-8,12,18H,1-2,9-11,13-15H2,(H,28,32). The second-order valence-electron chi connectivity index (χ2n) is 8.18. The van der Waals surface area contributed by atoms with Crippen molar-refractivity contribution in [3.05, 3.63) is 69.8 Å². The molecule has 1 aliphatic heterocycles. The molecule has 34 heavy (non-hydrogen) atoms. The van der Waals surface area contributed by atoms with Crippen molar-refractivity contribution in [2.24, 2.45) is 5.92 Å². The van der Waals surface area contributed by atoms with Crippen LogP contribution in [-0.2, 0) is 17.1 Å². The van der Waals surface area contributed by atoms with Crippen molar-refractivity contribution in [1.29, 1.82) is 0 Å². The first-order valence-electron chi connectivity index (χ1n) is 11.1.